The molecular formula is C44H70N4O4. The lowest BCUT2D eigenvalue weighted by atomic mass is 10.0. The minimum absolute atomic E-state index is 0.715. The molecule has 52 heavy (non-hydrogen) atoms. The number of aryl methyl sites for hydroxylation is 2. The molecule has 4 aliphatic rings. The second kappa shape index (κ2) is 22.6. The molecule has 8 heteroatoms. The monoisotopic (exact) mass is 719 g/mol. The SMILES string of the molecule is c1cc(OCCN2CCCCC2)c(OCCN2CCCCC2)cc1CCCCc1ccc(OCCN2CCCCC2)c(OCCN2CCCCC2)c1. The maximum absolute atomic E-state index is 6.44. The van der Waals surface area contributed by atoms with Gasteiger partial charge in [0.2, 0.25) is 0 Å². The molecule has 4 aliphatic heterocycles. The summed E-state index contributed by atoms with van der Waals surface area (Å²) < 4.78 is 25.6. The molecule has 0 radical (unpaired) electrons. The number of benzene rings is 2. The maximum atomic E-state index is 6.44. The Morgan fingerprint density at radius 3 is 0.942 bits per heavy atom. The van der Waals surface area contributed by atoms with Crippen molar-refractivity contribution in [1.29, 1.82) is 0 Å². The van der Waals surface area contributed by atoms with Crippen molar-refractivity contribution in [3.05, 3.63) is 47.5 Å². The van der Waals surface area contributed by atoms with Gasteiger partial charge in [0, 0.05) is 26.2 Å². The smallest absolute Gasteiger partial charge is 0.161 e. The van der Waals surface area contributed by atoms with Crippen molar-refractivity contribution in [3.63, 3.8) is 0 Å². The van der Waals surface area contributed by atoms with Crippen molar-refractivity contribution in [2.24, 2.45) is 0 Å². The molecule has 2 aromatic carbocycles. The third-order valence-electron chi connectivity index (χ3n) is 11.7. The van der Waals surface area contributed by atoms with Crippen LogP contribution < -0.4 is 18.9 Å². The summed E-state index contributed by atoms with van der Waals surface area (Å²) in [5.74, 6) is 3.61. The number of hydrogen-bond acceptors (Lipinski definition) is 8. The molecule has 0 saturated carbocycles. The van der Waals surface area contributed by atoms with Crippen molar-refractivity contribution < 1.29 is 18.9 Å². The van der Waals surface area contributed by atoms with Crippen LogP contribution in [0, 0.1) is 0 Å². The van der Waals surface area contributed by atoms with Gasteiger partial charge in [-0.3, -0.25) is 19.6 Å². The number of nitrogens with zero attached hydrogens (tertiary/aromatic N) is 4. The van der Waals surface area contributed by atoms with Gasteiger partial charge in [-0.15, -0.1) is 0 Å². The van der Waals surface area contributed by atoms with Gasteiger partial charge in [-0.05, 0) is 165 Å². The zero-order chi connectivity index (χ0) is 35.5. The van der Waals surface area contributed by atoms with Gasteiger partial charge < -0.3 is 18.9 Å². The quantitative estimate of drug-likeness (QED) is 0.122. The Bertz CT molecular complexity index is 1170. The van der Waals surface area contributed by atoms with E-state index < -0.39 is 0 Å². The Hall–Kier alpha value is -2.52. The summed E-state index contributed by atoms with van der Waals surface area (Å²) in [6, 6.07) is 13.3. The number of unbranched alkanes of at least 4 members (excludes halogenated alkanes) is 1. The highest BCUT2D eigenvalue weighted by molar-refractivity contribution is 5.44. The average molecular weight is 719 g/mol. The van der Waals surface area contributed by atoms with E-state index >= 15 is 0 Å². The van der Waals surface area contributed by atoms with Crippen molar-refractivity contribution in [3.8, 4) is 23.0 Å². The number of piperidine rings is 4. The van der Waals surface area contributed by atoms with Crippen LogP contribution in [0.4, 0.5) is 0 Å². The Kier molecular flexibility index (Phi) is 17.1. The number of rotatable bonds is 21. The maximum Gasteiger partial charge on any atom is 0.161 e. The van der Waals surface area contributed by atoms with E-state index in [9.17, 15) is 0 Å². The molecule has 290 valence electrons. The van der Waals surface area contributed by atoms with E-state index in [1.165, 1.54) is 141 Å². The number of likely N-dealkylation sites (tertiary alicyclic amines) is 4. The van der Waals surface area contributed by atoms with Crippen LogP contribution in [0.2, 0.25) is 0 Å². The summed E-state index contributed by atoms with van der Waals surface area (Å²) in [4.78, 5) is 10.2. The zero-order valence-corrected chi connectivity index (χ0v) is 32.5. The predicted molar refractivity (Wildman–Crippen MR) is 213 cm³/mol. The third kappa shape index (κ3) is 13.7. The molecule has 0 spiro atoms. The minimum atomic E-state index is 0.715. The fourth-order valence-electron chi connectivity index (χ4n) is 8.41. The van der Waals surface area contributed by atoms with E-state index in [2.05, 4.69) is 56.0 Å². The van der Waals surface area contributed by atoms with Crippen molar-refractivity contribution in [2.75, 3.05) is 105 Å². The van der Waals surface area contributed by atoms with E-state index in [1.54, 1.807) is 0 Å². The first-order valence-electron chi connectivity index (χ1n) is 21.4. The van der Waals surface area contributed by atoms with E-state index in [0.717, 1.165) is 74.9 Å². The molecule has 0 bridgehead atoms. The number of ether oxygens (including phenoxy) is 4. The molecule has 0 aromatic heterocycles. The van der Waals surface area contributed by atoms with Gasteiger partial charge in [0.25, 0.3) is 0 Å². The van der Waals surface area contributed by atoms with Crippen LogP contribution in [0.3, 0.4) is 0 Å². The molecule has 0 aliphatic carbocycles. The summed E-state index contributed by atoms with van der Waals surface area (Å²) in [5.41, 5.74) is 2.66. The Morgan fingerprint density at radius 1 is 0.346 bits per heavy atom. The topological polar surface area (TPSA) is 49.9 Å². The van der Waals surface area contributed by atoms with Crippen LogP contribution in [-0.4, -0.2) is 125 Å². The Labute approximate surface area is 316 Å². The first kappa shape index (κ1) is 39.2. The van der Waals surface area contributed by atoms with Gasteiger partial charge in [0.1, 0.15) is 26.4 Å². The van der Waals surface area contributed by atoms with Crippen molar-refractivity contribution in [2.45, 2.75) is 103 Å². The summed E-state index contributed by atoms with van der Waals surface area (Å²) in [7, 11) is 0. The lowest BCUT2D eigenvalue weighted by molar-refractivity contribution is 0.168. The normalized spacial score (nSPS) is 19.8. The van der Waals surface area contributed by atoms with Crippen LogP contribution in [0.1, 0.15) is 101 Å². The predicted octanol–water partition coefficient (Wildman–Crippen LogP) is 7.71. The minimum Gasteiger partial charge on any atom is -0.488 e. The number of hydrogen-bond donors (Lipinski definition) is 0. The van der Waals surface area contributed by atoms with Gasteiger partial charge in [-0.25, -0.2) is 0 Å². The largest absolute Gasteiger partial charge is 0.488 e. The van der Waals surface area contributed by atoms with Gasteiger partial charge in [0.15, 0.2) is 23.0 Å². The van der Waals surface area contributed by atoms with Crippen LogP contribution in [-0.2, 0) is 12.8 Å². The van der Waals surface area contributed by atoms with Gasteiger partial charge in [-0.1, -0.05) is 37.8 Å². The molecule has 8 nitrogen and oxygen atoms in total. The molecule has 4 fully saturated rings. The Morgan fingerprint density at radius 2 is 0.635 bits per heavy atom. The summed E-state index contributed by atoms with van der Waals surface area (Å²) >= 11 is 0. The molecule has 0 atom stereocenters. The highest BCUT2D eigenvalue weighted by Gasteiger charge is 2.16. The molecule has 4 heterocycles. The van der Waals surface area contributed by atoms with E-state index in [4.69, 9.17) is 18.9 Å². The van der Waals surface area contributed by atoms with Crippen LogP contribution in [0.25, 0.3) is 0 Å². The summed E-state index contributed by atoms with van der Waals surface area (Å²) in [6.45, 7) is 16.4. The molecular weight excluding hydrogens is 649 g/mol. The van der Waals surface area contributed by atoms with Gasteiger partial charge in [0.05, 0.1) is 0 Å². The lowest BCUT2D eigenvalue weighted by Gasteiger charge is -2.27. The lowest BCUT2D eigenvalue weighted by Crippen LogP contribution is -2.33. The van der Waals surface area contributed by atoms with Crippen molar-refractivity contribution in [1.82, 2.24) is 19.6 Å². The van der Waals surface area contributed by atoms with Crippen LogP contribution >= 0.6 is 0 Å². The molecule has 6 rings (SSSR count). The highest BCUT2D eigenvalue weighted by atomic mass is 16.5. The van der Waals surface area contributed by atoms with E-state index in [-0.39, 0.29) is 0 Å². The average Bonchev–Trinajstić information content (AvgIpc) is 3.19. The second-order valence-electron chi connectivity index (χ2n) is 15.8. The first-order chi connectivity index (χ1) is 25.8. The highest BCUT2D eigenvalue weighted by Crippen LogP contribution is 2.31. The van der Waals surface area contributed by atoms with Crippen molar-refractivity contribution >= 4 is 0 Å². The van der Waals surface area contributed by atoms with E-state index in [1.807, 2.05) is 0 Å². The zero-order valence-electron chi connectivity index (χ0n) is 32.5. The van der Waals surface area contributed by atoms with E-state index in [0.29, 0.717) is 26.4 Å². The Balaban J connectivity index is 0.996. The molecule has 0 unspecified atom stereocenters. The van der Waals surface area contributed by atoms with Gasteiger partial charge in [-0.2, -0.15) is 0 Å². The molecule has 0 N–H and O–H groups in total. The summed E-state index contributed by atoms with van der Waals surface area (Å²) in [6.07, 6.45) is 20.3. The fourth-order valence-corrected chi connectivity index (χ4v) is 8.41. The standard InChI is InChI=1S/C44H70N4O4/c1-7-21-45(22-8-1)29-33-49-41-19-17-39(37-43(41)51-35-31-47-25-11-3-12-26-47)15-5-6-16-40-18-20-42(50-34-30-46-23-9-2-10-24-46)44(38-40)52-36-32-48-27-13-4-14-28-48/h17-20,37-38H,1-16,21-36H2. The van der Waals surface area contributed by atoms with Gasteiger partial charge >= 0.3 is 0 Å². The molecule has 4 saturated heterocycles. The molecule has 2 aromatic rings. The molecule has 0 amide bonds. The summed E-state index contributed by atoms with van der Waals surface area (Å²) in [5, 5.41) is 0. The third-order valence-corrected chi connectivity index (χ3v) is 11.7. The van der Waals surface area contributed by atoms with Crippen LogP contribution in [0.15, 0.2) is 36.4 Å². The fraction of sp³-hybridized carbons (Fsp3) is 0.727. The first-order valence-corrected chi connectivity index (χ1v) is 21.4. The van der Waals surface area contributed by atoms with Crippen LogP contribution in [0.5, 0.6) is 23.0 Å². The second-order valence-corrected chi connectivity index (χ2v) is 15.8.